The minimum atomic E-state index is 0.413. The molecule has 0 spiro atoms. The number of carbonyl (C=O) groups is 1. The van der Waals surface area contributed by atoms with Crippen LogP contribution in [-0.4, -0.2) is 40.9 Å². The molecule has 4 heteroatoms. The van der Waals surface area contributed by atoms with Crippen molar-refractivity contribution in [3.63, 3.8) is 0 Å². The highest BCUT2D eigenvalue weighted by Crippen LogP contribution is 2.37. The first kappa shape index (κ1) is 12.8. The fourth-order valence-electron chi connectivity index (χ4n) is 3.87. The number of carbonyl (C=O) groups excluding carboxylic acids is 1. The van der Waals surface area contributed by atoms with Gasteiger partial charge in [0.05, 0.1) is 0 Å². The molecule has 3 fully saturated rings. The van der Waals surface area contributed by atoms with Crippen LogP contribution >= 0.6 is 11.3 Å². The van der Waals surface area contributed by atoms with Crippen molar-refractivity contribution in [1.29, 1.82) is 0 Å². The summed E-state index contributed by atoms with van der Waals surface area (Å²) < 4.78 is 0. The van der Waals surface area contributed by atoms with Crippen LogP contribution in [0, 0.1) is 5.92 Å². The Kier molecular flexibility index (Phi) is 3.31. The van der Waals surface area contributed by atoms with Crippen molar-refractivity contribution in [2.45, 2.75) is 50.7 Å². The first-order chi connectivity index (χ1) is 9.81. The molecule has 1 saturated carbocycles. The zero-order valence-corrected chi connectivity index (χ0v) is 12.6. The minimum Gasteiger partial charge on any atom is -0.338 e. The molecule has 20 heavy (non-hydrogen) atoms. The van der Waals surface area contributed by atoms with Gasteiger partial charge in [-0.05, 0) is 54.0 Å². The van der Waals surface area contributed by atoms with Gasteiger partial charge in [-0.3, -0.25) is 9.69 Å². The standard InChI is InChI=1S/C16H22N2OS/c19-16-4-3-14-15(18(16)10-12-1-2-12)5-7-17(14)9-13-6-8-20-11-13/h6,8,11-12,14-15H,1-5,7,9-10H2/t14-,15-/m1/s1. The summed E-state index contributed by atoms with van der Waals surface area (Å²) in [5.41, 5.74) is 1.43. The van der Waals surface area contributed by atoms with Crippen LogP contribution in [0.25, 0.3) is 0 Å². The molecule has 2 atom stereocenters. The maximum atomic E-state index is 12.2. The van der Waals surface area contributed by atoms with E-state index >= 15 is 0 Å². The van der Waals surface area contributed by atoms with Crippen LogP contribution < -0.4 is 0 Å². The van der Waals surface area contributed by atoms with Crippen molar-refractivity contribution in [2.75, 3.05) is 13.1 Å². The first-order valence-electron chi connectivity index (χ1n) is 7.86. The summed E-state index contributed by atoms with van der Waals surface area (Å²) >= 11 is 1.78. The number of thiophene rings is 1. The lowest BCUT2D eigenvalue weighted by Gasteiger charge is -2.40. The van der Waals surface area contributed by atoms with Crippen LogP contribution in [0.15, 0.2) is 16.8 Å². The predicted molar refractivity (Wildman–Crippen MR) is 80.6 cm³/mol. The molecular weight excluding hydrogens is 268 g/mol. The normalized spacial score (nSPS) is 30.8. The minimum absolute atomic E-state index is 0.413. The van der Waals surface area contributed by atoms with Gasteiger partial charge >= 0.3 is 0 Å². The molecular formula is C16H22N2OS. The summed E-state index contributed by atoms with van der Waals surface area (Å²) in [4.78, 5) is 17.1. The number of rotatable bonds is 4. The Balaban J connectivity index is 1.46. The lowest BCUT2D eigenvalue weighted by Crippen LogP contribution is -2.52. The highest BCUT2D eigenvalue weighted by Gasteiger charge is 2.44. The molecule has 3 aliphatic rings. The topological polar surface area (TPSA) is 23.6 Å². The van der Waals surface area contributed by atoms with Crippen molar-refractivity contribution in [3.05, 3.63) is 22.4 Å². The number of hydrogen-bond donors (Lipinski definition) is 0. The molecule has 1 aliphatic carbocycles. The van der Waals surface area contributed by atoms with Gasteiger partial charge < -0.3 is 4.90 Å². The van der Waals surface area contributed by atoms with Crippen molar-refractivity contribution < 1.29 is 4.79 Å². The smallest absolute Gasteiger partial charge is 0.222 e. The summed E-state index contributed by atoms with van der Waals surface area (Å²) in [7, 11) is 0. The first-order valence-corrected chi connectivity index (χ1v) is 8.80. The number of fused-ring (bicyclic) bond motifs is 1. The summed E-state index contributed by atoms with van der Waals surface area (Å²) in [5, 5.41) is 4.41. The fraction of sp³-hybridized carbons (Fsp3) is 0.688. The van der Waals surface area contributed by atoms with Gasteiger partial charge in [-0.2, -0.15) is 11.3 Å². The Hall–Kier alpha value is -0.870. The second-order valence-corrected chi connectivity index (χ2v) is 7.33. The Bertz CT molecular complexity index is 483. The van der Waals surface area contributed by atoms with Crippen LogP contribution in [0.5, 0.6) is 0 Å². The third-order valence-electron chi connectivity index (χ3n) is 5.12. The van der Waals surface area contributed by atoms with Crippen LogP contribution in [0.4, 0.5) is 0 Å². The lowest BCUT2D eigenvalue weighted by atomic mass is 9.95. The van der Waals surface area contributed by atoms with Gasteiger partial charge in [-0.15, -0.1) is 0 Å². The zero-order valence-electron chi connectivity index (χ0n) is 11.8. The average molecular weight is 290 g/mol. The van der Waals surface area contributed by atoms with Crippen LogP contribution in [0.2, 0.25) is 0 Å². The van der Waals surface area contributed by atoms with Crippen molar-refractivity contribution in [1.82, 2.24) is 9.80 Å². The molecule has 2 saturated heterocycles. The molecule has 3 nitrogen and oxygen atoms in total. The molecule has 108 valence electrons. The van der Waals surface area contributed by atoms with Gasteiger partial charge in [0.25, 0.3) is 0 Å². The van der Waals surface area contributed by atoms with Gasteiger partial charge in [-0.1, -0.05) is 0 Å². The number of nitrogens with zero attached hydrogens (tertiary/aromatic N) is 2. The van der Waals surface area contributed by atoms with E-state index in [9.17, 15) is 4.79 Å². The van der Waals surface area contributed by atoms with E-state index in [-0.39, 0.29) is 0 Å². The molecule has 0 radical (unpaired) electrons. The Morgan fingerprint density at radius 2 is 2.10 bits per heavy atom. The van der Waals surface area contributed by atoms with Crippen molar-refractivity contribution in [3.8, 4) is 0 Å². The Labute approximate surface area is 124 Å². The SMILES string of the molecule is O=C1CC[C@@H]2[C@@H](CCN2Cc2ccsc2)N1CC1CC1. The van der Waals surface area contributed by atoms with Gasteiger partial charge in [0.2, 0.25) is 5.91 Å². The van der Waals surface area contributed by atoms with E-state index in [1.165, 1.54) is 24.8 Å². The highest BCUT2D eigenvalue weighted by atomic mass is 32.1. The third-order valence-corrected chi connectivity index (χ3v) is 5.85. The zero-order chi connectivity index (χ0) is 13.5. The molecule has 0 aromatic carbocycles. The van der Waals surface area contributed by atoms with Crippen molar-refractivity contribution in [2.24, 2.45) is 5.92 Å². The van der Waals surface area contributed by atoms with Gasteiger partial charge in [-0.25, -0.2) is 0 Å². The van der Waals surface area contributed by atoms with Gasteiger partial charge in [0.1, 0.15) is 0 Å². The van der Waals surface area contributed by atoms with Gasteiger partial charge in [0.15, 0.2) is 0 Å². The predicted octanol–water partition coefficient (Wildman–Crippen LogP) is 2.72. The summed E-state index contributed by atoms with van der Waals surface area (Å²) in [6, 6.07) is 3.33. The van der Waals surface area contributed by atoms with E-state index in [4.69, 9.17) is 0 Å². The molecule has 1 amide bonds. The van der Waals surface area contributed by atoms with E-state index in [2.05, 4.69) is 26.6 Å². The fourth-order valence-corrected chi connectivity index (χ4v) is 4.53. The second kappa shape index (κ2) is 5.15. The Morgan fingerprint density at radius 3 is 2.85 bits per heavy atom. The molecule has 0 N–H and O–H groups in total. The molecule has 1 aromatic rings. The molecule has 4 rings (SSSR count). The summed E-state index contributed by atoms with van der Waals surface area (Å²) in [6.45, 7) is 3.25. The highest BCUT2D eigenvalue weighted by molar-refractivity contribution is 7.07. The molecule has 2 aliphatic heterocycles. The van der Waals surface area contributed by atoms with Crippen LogP contribution in [0.3, 0.4) is 0 Å². The quantitative estimate of drug-likeness (QED) is 0.851. The van der Waals surface area contributed by atoms with E-state index in [1.54, 1.807) is 11.3 Å². The molecule has 0 unspecified atom stereocenters. The second-order valence-electron chi connectivity index (χ2n) is 6.55. The van der Waals surface area contributed by atoms with Gasteiger partial charge in [0, 0.05) is 38.1 Å². The van der Waals surface area contributed by atoms with Crippen LogP contribution in [-0.2, 0) is 11.3 Å². The number of amides is 1. The average Bonchev–Trinajstić information content (AvgIpc) is 2.96. The third kappa shape index (κ3) is 2.40. The lowest BCUT2D eigenvalue weighted by molar-refractivity contribution is -0.138. The van der Waals surface area contributed by atoms with E-state index in [0.717, 1.165) is 38.4 Å². The van der Waals surface area contributed by atoms with Crippen LogP contribution in [0.1, 0.15) is 37.7 Å². The molecule has 0 bridgehead atoms. The summed E-state index contributed by atoms with van der Waals surface area (Å²) in [6.07, 6.45) is 5.66. The maximum Gasteiger partial charge on any atom is 0.222 e. The summed E-state index contributed by atoms with van der Waals surface area (Å²) in [5.74, 6) is 1.22. The molecule has 1 aromatic heterocycles. The van der Waals surface area contributed by atoms with Crippen molar-refractivity contribution >= 4 is 17.2 Å². The van der Waals surface area contributed by atoms with E-state index < -0.39 is 0 Å². The number of piperidine rings is 1. The number of hydrogen-bond acceptors (Lipinski definition) is 3. The maximum absolute atomic E-state index is 12.2. The molecule has 3 heterocycles. The van der Waals surface area contributed by atoms with E-state index in [0.29, 0.717) is 18.0 Å². The number of likely N-dealkylation sites (tertiary alicyclic amines) is 2. The van der Waals surface area contributed by atoms with E-state index in [1.807, 2.05) is 0 Å². The largest absolute Gasteiger partial charge is 0.338 e. The monoisotopic (exact) mass is 290 g/mol. The Morgan fingerprint density at radius 1 is 1.20 bits per heavy atom.